The number of carbonyl (C=O) groups excluding carboxylic acids is 1. The number of para-hydroxylation sites is 1. The second-order valence-electron chi connectivity index (χ2n) is 5.64. The minimum atomic E-state index is -0.00367. The molecule has 0 atom stereocenters. The Morgan fingerprint density at radius 3 is 2.48 bits per heavy atom. The molecule has 0 aliphatic heterocycles. The van der Waals surface area contributed by atoms with Crippen molar-refractivity contribution >= 4 is 28.3 Å². The maximum Gasteiger partial charge on any atom is 0.178 e. The van der Waals surface area contributed by atoms with Crippen molar-refractivity contribution in [3.8, 4) is 0 Å². The summed E-state index contributed by atoms with van der Waals surface area (Å²) in [5, 5.41) is 1.15. The highest BCUT2D eigenvalue weighted by Crippen LogP contribution is 2.28. The average molecular weight is 301 g/mol. The molecule has 0 amide bonds. The number of allylic oxidation sites excluding steroid dienone is 3. The molecular weight excluding hydrogens is 282 g/mol. The molecule has 1 N–H and O–H groups in total. The number of nitrogens with one attached hydrogen (secondary N) is 1. The van der Waals surface area contributed by atoms with Crippen LogP contribution >= 0.6 is 0 Å². The van der Waals surface area contributed by atoms with E-state index in [0.717, 1.165) is 33.3 Å². The van der Waals surface area contributed by atoms with Crippen molar-refractivity contribution < 1.29 is 4.79 Å². The molecule has 2 aromatic carbocycles. The van der Waals surface area contributed by atoms with E-state index in [-0.39, 0.29) is 5.78 Å². The monoisotopic (exact) mass is 301 g/mol. The number of rotatable bonds is 4. The third kappa shape index (κ3) is 3.32. The second kappa shape index (κ2) is 6.49. The maximum atomic E-state index is 12.2. The fourth-order valence-corrected chi connectivity index (χ4v) is 2.86. The first-order valence-electron chi connectivity index (χ1n) is 7.68. The molecule has 2 heteroatoms. The molecule has 114 valence electrons. The van der Waals surface area contributed by atoms with Gasteiger partial charge in [0.15, 0.2) is 5.78 Å². The van der Waals surface area contributed by atoms with Crippen LogP contribution in [0.4, 0.5) is 0 Å². The lowest BCUT2D eigenvalue weighted by atomic mass is 10.0. The number of fused-ring (bicyclic) bond motifs is 1. The highest BCUT2D eigenvalue weighted by Gasteiger charge is 2.09. The smallest absolute Gasteiger partial charge is 0.178 e. The number of aromatic nitrogens is 1. The summed E-state index contributed by atoms with van der Waals surface area (Å²) in [5.74, 6) is -0.00367. The SMILES string of the molecule is C/C(=C/C(=O)/C=C/c1ccccc1)c1c(C)[nH]c2ccccc12. The van der Waals surface area contributed by atoms with Crippen LogP contribution < -0.4 is 0 Å². The van der Waals surface area contributed by atoms with Gasteiger partial charge in [0.1, 0.15) is 0 Å². The minimum absolute atomic E-state index is 0.00367. The van der Waals surface area contributed by atoms with Crippen LogP contribution in [0, 0.1) is 6.92 Å². The summed E-state index contributed by atoms with van der Waals surface area (Å²) in [6, 6.07) is 18.0. The van der Waals surface area contributed by atoms with E-state index < -0.39 is 0 Å². The molecule has 0 unspecified atom stereocenters. The van der Waals surface area contributed by atoms with E-state index in [1.807, 2.05) is 62.4 Å². The Morgan fingerprint density at radius 1 is 1.00 bits per heavy atom. The lowest BCUT2D eigenvalue weighted by Crippen LogP contribution is -1.90. The van der Waals surface area contributed by atoms with Crippen molar-refractivity contribution in [1.82, 2.24) is 4.98 Å². The van der Waals surface area contributed by atoms with Crippen LogP contribution in [0.25, 0.3) is 22.6 Å². The van der Waals surface area contributed by atoms with Gasteiger partial charge in [-0.15, -0.1) is 0 Å². The van der Waals surface area contributed by atoms with E-state index in [1.165, 1.54) is 0 Å². The van der Waals surface area contributed by atoms with Gasteiger partial charge in [0.2, 0.25) is 0 Å². The van der Waals surface area contributed by atoms with Crippen molar-refractivity contribution in [3.05, 3.63) is 83.6 Å². The molecule has 0 fully saturated rings. The highest BCUT2D eigenvalue weighted by molar-refractivity contribution is 6.08. The zero-order chi connectivity index (χ0) is 16.2. The van der Waals surface area contributed by atoms with Crippen LogP contribution in [0.1, 0.15) is 23.7 Å². The van der Waals surface area contributed by atoms with Gasteiger partial charge in [-0.05, 0) is 43.2 Å². The number of ketones is 1. The van der Waals surface area contributed by atoms with Crippen LogP contribution in [-0.2, 0) is 4.79 Å². The van der Waals surface area contributed by atoms with E-state index in [9.17, 15) is 4.79 Å². The topological polar surface area (TPSA) is 32.9 Å². The number of hydrogen-bond donors (Lipinski definition) is 1. The molecular formula is C21H19NO. The van der Waals surface area contributed by atoms with Crippen LogP contribution in [0.15, 0.2) is 66.7 Å². The van der Waals surface area contributed by atoms with Crippen LogP contribution in [0.5, 0.6) is 0 Å². The fourth-order valence-electron chi connectivity index (χ4n) is 2.86. The predicted molar refractivity (Wildman–Crippen MR) is 97.2 cm³/mol. The Bertz CT molecular complexity index is 898. The van der Waals surface area contributed by atoms with Gasteiger partial charge in [-0.2, -0.15) is 0 Å². The van der Waals surface area contributed by atoms with Gasteiger partial charge in [0.25, 0.3) is 0 Å². The molecule has 1 aromatic heterocycles. The molecule has 0 aliphatic rings. The van der Waals surface area contributed by atoms with Crippen molar-refractivity contribution in [2.75, 3.05) is 0 Å². The number of H-pyrrole nitrogens is 1. The Balaban J connectivity index is 1.88. The molecule has 0 spiro atoms. The summed E-state index contributed by atoms with van der Waals surface area (Å²) in [5.41, 5.74) is 5.29. The third-order valence-electron chi connectivity index (χ3n) is 3.89. The lowest BCUT2D eigenvalue weighted by molar-refractivity contribution is -0.110. The van der Waals surface area contributed by atoms with Gasteiger partial charge in [-0.25, -0.2) is 0 Å². The van der Waals surface area contributed by atoms with Crippen molar-refractivity contribution in [2.24, 2.45) is 0 Å². The summed E-state index contributed by atoms with van der Waals surface area (Å²) in [6.07, 6.45) is 5.15. The number of aryl methyl sites for hydroxylation is 1. The molecule has 0 bridgehead atoms. The Labute approximate surface area is 136 Å². The van der Waals surface area contributed by atoms with E-state index in [0.29, 0.717) is 0 Å². The fraction of sp³-hybridized carbons (Fsp3) is 0.0952. The predicted octanol–water partition coefficient (Wildman–Crippen LogP) is 5.16. The molecule has 0 saturated carbocycles. The quantitative estimate of drug-likeness (QED) is 0.663. The normalized spacial score (nSPS) is 12.2. The van der Waals surface area contributed by atoms with E-state index >= 15 is 0 Å². The zero-order valence-electron chi connectivity index (χ0n) is 13.3. The van der Waals surface area contributed by atoms with E-state index in [2.05, 4.69) is 17.1 Å². The average Bonchev–Trinajstić information content (AvgIpc) is 2.89. The van der Waals surface area contributed by atoms with Gasteiger partial charge >= 0.3 is 0 Å². The van der Waals surface area contributed by atoms with Crippen LogP contribution in [0.2, 0.25) is 0 Å². The third-order valence-corrected chi connectivity index (χ3v) is 3.89. The van der Waals surface area contributed by atoms with Gasteiger partial charge < -0.3 is 4.98 Å². The van der Waals surface area contributed by atoms with Crippen molar-refractivity contribution in [1.29, 1.82) is 0 Å². The molecule has 0 radical (unpaired) electrons. The first kappa shape index (κ1) is 15.0. The molecule has 23 heavy (non-hydrogen) atoms. The molecule has 0 aliphatic carbocycles. The standard InChI is InChI=1S/C21H19NO/c1-15(14-18(23)13-12-17-8-4-3-5-9-17)21-16(2)22-20-11-7-6-10-19(20)21/h3-14,22H,1-2H3/b13-12+,15-14-. The van der Waals surface area contributed by atoms with Crippen molar-refractivity contribution in [3.63, 3.8) is 0 Å². The summed E-state index contributed by atoms with van der Waals surface area (Å²) in [6.45, 7) is 4.02. The van der Waals surface area contributed by atoms with Crippen LogP contribution in [0.3, 0.4) is 0 Å². The molecule has 3 aromatic rings. The molecule has 0 saturated heterocycles. The van der Waals surface area contributed by atoms with Gasteiger partial charge in [0, 0.05) is 22.2 Å². The van der Waals surface area contributed by atoms with Crippen molar-refractivity contribution in [2.45, 2.75) is 13.8 Å². The van der Waals surface area contributed by atoms with Crippen LogP contribution in [-0.4, -0.2) is 10.8 Å². The molecule has 3 rings (SSSR count). The highest BCUT2D eigenvalue weighted by atomic mass is 16.1. The van der Waals surface area contributed by atoms with Gasteiger partial charge in [0.05, 0.1) is 0 Å². The van der Waals surface area contributed by atoms with Gasteiger partial charge in [-0.1, -0.05) is 54.6 Å². The number of benzene rings is 2. The first-order chi connectivity index (χ1) is 11.1. The molecule has 1 heterocycles. The zero-order valence-corrected chi connectivity index (χ0v) is 13.3. The second-order valence-corrected chi connectivity index (χ2v) is 5.64. The number of hydrogen-bond acceptors (Lipinski definition) is 1. The first-order valence-corrected chi connectivity index (χ1v) is 7.68. The summed E-state index contributed by atoms with van der Waals surface area (Å²) in [7, 11) is 0. The number of carbonyl (C=O) groups is 1. The Hall–Kier alpha value is -2.87. The minimum Gasteiger partial charge on any atom is -0.358 e. The van der Waals surface area contributed by atoms with Gasteiger partial charge in [-0.3, -0.25) is 4.79 Å². The lowest BCUT2D eigenvalue weighted by Gasteiger charge is -2.01. The maximum absolute atomic E-state index is 12.2. The summed E-state index contributed by atoms with van der Waals surface area (Å²) >= 11 is 0. The molecule has 2 nitrogen and oxygen atoms in total. The number of aromatic amines is 1. The summed E-state index contributed by atoms with van der Waals surface area (Å²) in [4.78, 5) is 15.6. The largest absolute Gasteiger partial charge is 0.358 e. The Morgan fingerprint density at radius 2 is 1.70 bits per heavy atom. The van der Waals surface area contributed by atoms with E-state index in [4.69, 9.17) is 0 Å². The summed E-state index contributed by atoms with van der Waals surface area (Å²) < 4.78 is 0. The Kier molecular flexibility index (Phi) is 4.24. The van der Waals surface area contributed by atoms with E-state index in [1.54, 1.807) is 12.2 Å².